The van der Waals surface area contributed by atoms with Crippen molar-refractivity contribution < 1.29 is 9.53 Å². The Morgan fingerprint density at radius 3 is 2.81 bits per heavy atom. The summed E-state index contributed by atoms with van der Waals surface area (Å²) in [5.74, 6) is 0. The minimum absolute atomic E-state index is 0.0281. The molecule has 0 spiro atoms. The van der Waals surface area contributed by atoms with Crippen LogP contribution in [0.1, 0.15) is 32.3 Å². The van der Waals surface area contributed by atoms with Crippen molar-refractivity contribution in [1.82, 2.24) is 10.2 Å². The van der Waals surface area contributed by atoms with Gasteiger partial charge in [0.25, 0.3) is 0 Å². The number of hydrogen-bond acceptors (Lipinski definition) is 2. The summed E-state index contributed by atoms with van der Waals surface area (Å²) in [5, 5.41) is 3.65. The largest absolute Gasteiger partial charge is 0.377 e. The van der Waals surface area contributed by atoms with Crippen LogP contribution in [0.3, 0.4) is 0 Å². The third-order valence-corrected chi connectivity index (χ3v) is 3.91. The number of carbonyl (C=O) groups is 1. The van der Waals surface area contributed by atoms with E-state index in [0.717, 1.165) is 18.4 Å². The maximum absolute atomic E-state index is 12.4. The van der Waals surface area contributed by atoms with Crippen LogP contribution in [0.5, 0.6) is 0 Å². The fourth-order valence-corrected chi connectivity index (χ4v) is 2.43. The van der Waals surface area contributed by atoms with Crippen molar-refractivity contribution in [2.75, 3.05) is 13.2 Å². The van der Waals surface area contributed by atoms with Crippen LogP contribution in [-0.4, -0.2) is 36.2 Å². The number of benzene rings is 1. The van der Waals surface area contributed by atoms with E-state index < -0.39 is 0 Å². The van der Waals surface area contributed by atoms with Gasteiger partial charge in [-0.3, -0.25) is 0 Å². The monoisotopic (exact) mass is 310 g/mol. The zero-order valence-electron chi connectivity index (χ0n) is 12.6. The van der Waals surface area contributed by atoms with Gasteiger partial charge in [0.1, 0.15) is 0 Å². The summed E-state index contributed by atoms with van der Waals surface area (Å²) in [6.07, 6.45) is 2.16. The normalized spacial score (nSPS) is 15.6. The molecule has 21 heavy (non-hydrogen) atoms. The lowest BCUT2D eigenvalue weighted by atomic mass is 10.2. The number of ether oxygens (including phenoxy) is 1. The van der Waals surface area contributed by atoms with Gasteiger partial charge in [-0.05, 0) is 38.3 Å². The predicted octanol–water partition coefficient (Wildman–Crippen LogP) is 3.44. The number of nitrogens with one attached hydrogen (secondary N) is 1. The second-order valence-electron chi connectivity index (χ2n) is 5.40. The minimum atomic E-state index is -0.0380. The van der Waals surface area contributed by atoms with E-state index in [4.69, 9.17) is 16.3 Å². The third kappa shape index (κ3) is 4.90. The summed E-state index contributed by atoms with van der Waals surface area (Å²) >= 11 is 6.19. The number of urea groups is 1. The van der Waals surface area contributed by atoms with Crippen molar-refractivity contribution in [1.29, 1.82) is 0 Å². The molecule has 1 aromatic rings. The van der Waals surface area contributed by atoms with Crippen LogP contribution < -0.4 is 5.32 Å². The lowest BCUT2D eigenvalue weighted by Crippen LogP contribution is -2.43. The maximum atomic E-state index is 12.4. The molecule has 5 heteroatoms. The lowest BCUT2D eigenvalue weighted by Gasteiger charge is -2.24. The van der Waals surface area contributed by atoms with Gasteiger partial charge in [0.05, 0.1) is 6.10 Å². The standard InChI is InChI=1S/C16H23ClN2O2/c1-3-21-12(2)10-18-16(20)19(14-8-9-14)11-13-6-4-5-7-15(13)17/h4-7,12,14H,3,8-11H2,1-2H3,(H,18,20)/t12-/m1/s1. The fraction of sp³-hybridized carbons (Fsp3) is 0.562. The topological polar surface area (TPSA) is 41.6 Å². The molecule has 116 valence electrons. The molecule has 1 fully saturated rings. The number of carbonyl (C=O) groups excluding carboxylic acids is 1. The number of rotatable bonds is 7. The Morgan fingerprint density at radius 1 is 1.48 bits per heavy atom. The SMILES string of the molecule is CCO[C@H](C)CNC(=O)N(Cc1ccccc1Cl)C1CC1. The summed E-state index contributed by atoms with van der Waals surface area (Å²) < 4.78 is 5.43. The van der Waals surface area contributed by atoms with Gasteiger partial charge in [-0.1, -0.05) is 29.8 Å². The van der Waals surface area contributed by atoms with E-state index in [0.29, 0.717) is 30.8 Å². The molecule has 1 saturated carbocycles. The molecule has 2 amide bonds. The van der Waals surface area contributed by atoms with Crippen LogP contribution >= 0.6 is 11.6 Å². The van der Waals surface area contributed by atoms with Gasteiger partial charge in [0.2, 0.25) is 0 Å². The van der Waals surface area contributed by atoms with Crippen molar-refractivity contribution in [3.05, 3.63) is 34.9 Å². The zero-order valence-corrected chi connectivity index (χ0v) is 13.4. The molecule has 0 heterocycles. The van der Waals surface area contributed by atoms with Gasteiger partial charge in [0.15, 0.2) is 0 Å². The highest BCUT2D eigenvalue weighted by atomic mass is 35.5. The zero-order chi connectivity index (χ0) is 15.2. The van der Waals surface area contributed by atoms with Gasteiger partial charge in [-0.2, -0.15) is 0 Å². The molecule has 0 saturated heterocycles. The average molecular weight is 311 g/mol. The first kappa shape index (κ1) is 16.1. The Bertz CT molecular complexity index is 477. The van der Waals surface area contributed by atoms with Crippen molar-refractivity contribution in [2.24, 2.45) is 0 Å². The first-order valence-corrected chi connectivity index (χ1v) is 7.89. The molecule has 0 aliphatic heterocycles. The van der Waals surface area contributed by atoms with E-state index >= 15 is 0 Å². The number of nitrogens with zero attached hydrogens (tertiary/aromatic N) is 1. The summed E-state index contributed by atoms with van der Waals surface area (Å²) in [5.41, 5.74) is 0.985. The summed E-state index contributed by atoms with van der Waals surface area (Å²) in [6.45, 7) is 5.64. The quantitative estimate of drug-likeness (QED) is 0.838. The Morgan fingerprint density at radius 2 is 2.19 bits per heavy atom. The first-order valence-electron chi connectivity index (χ1n) is 7.51. The molecule has 1 aliphatic rings. The van der Waals surface area contributed by atoms with E-state index in [1.54, 1.807) is 0 Å². The van der Waals surface area contributed by atoms with E-state index in [1.807, 2.05) is 43.0 Å². The van der Waals surface area contributed by atoms with Crippen LogP contribution in [0.4, 0.5) is 4.79 Å². The molecule has 1 aromatic carbocycles. The average Bonchev–Trinajstić information content (AvgIpc) is 3.29. The lowest BCUT2D eigenvalue weighted by molar-refractivity contribution is 0.0758. The van der Waals surface area contributed by atoms with E-state index in [9.17, 15) is 4.79 Å². The van der Waals surface area contributed by atoms with Crippen molar-refractivity contribution in [3.8, 4) is 0 Å². The summed E-state index contributed by atoms with van der Waals surface area (Å²) in [4.78, 5) is 14.2. The third-order valence-electron chi connectivity index (χ3n) is 3.54. The van der Waals surface area contributed by atoms with E-state index in [-0.39, 0.29) is 12.1 Å². The number of amides is 2. The predicted molar refractivity (Wildman–Crippen MR) is 84.5 cm³/mol. The molecule has 4 nitrogen and oxygen atoms in total. The summed E-state index contributed by atoms with van der Waals surface area (Å²) in [6, 6.07) is 7.97. The summed E-state index contributed by atoms with van der Waals surface area (Å²) in [7, 11) is 0. The van der Waals surface area contributed by atoms with Gasteiger partial charge < -0.3 is 15.0 Å². The fourth-order valence-electron chi connectivity index (χ4n) is 2.24. The molecular formula is C16H23ClN2O2. The van der Waals surface area contributed by atoms with Crippen molar-refractivity contribution in [2.45, 2.75) is 45.4 Å². The van der Waals surface area contributed by atoms with Crippen molar-refractivity contribution >= 4 is 17.6 Å². The highest BCUT2D eigenvalue weighted by molar-refractivity contribution is 6.31. The molecular weight excluding hydrogens is 288 g/mol. The molecule has 0 bridgehead atoms. The van der Waals surface area contributed by atoms with Crippen LogP contribution in [0.25, 0.3) is 0 Å². The van der Waals surface area contributed by atoms with Crippen molar-refractivity contribution in [3.63, 3.8) is 0 Å². The second-order valence-corrected chi connectivity index (χ2v) is 5.81. The van der Waals surface area contributed by atoms with Gasteiger partial charge in [-0.25, -0.2) is 4.79 Å². The molecule has 1 atom stereocenters. The van der Waals surface area contributed by atoms with E-state index in [2.05, 4.69) is 5.32 Å². The molecule has 0 aromatic heterocycles. The minimum Gasteiger partial charge on any atom is -0.377 e. The Kier molecular flexibility index (Phi) is 5.88. The highest BCUT2D eigenvalue weighted by Crippen LogP contribution is 2.29. The van der Waals surface area contributed by atoms with Gasteiger partial charge >= 0.3 is 6.03 Å². The number of hydrogen-bond donors (Lipinski definition) is 1. The van der Waals surface area contributed by atoms with Crippen LogP contribution in [0.2, 0.25) is 5.02 Å². The Labute approximate surface area is 131 Å². The maximum Gasteiger partial charge on any atom is 0.318 e. The number of halogens is 1. The molecule has 0 unspecified atom stereocenters. The highest BCUT2D eigenvalue weighted by Gasteiger charge is 2.32. The molecule has 1 aliphatic carbocycles. The van der Waals surface area contributed by atoms with Gasteiger partial charge in [-0.15, -0.1) is 0 Å². The van der Waals surface area contributed by atoms with Crippen LogP contribution in [-0.2, 0) is 11.3 Å². The molecule has 2 rings (SSSR count). The van der Waals surface area contributed by atoms with Gasteiger partial charge in [0, 0.05) is 30.8 Å². The smallest absolute Gasteiger partial charge is 0.318 e. The van der Waals surface area contributed by atoms with Crippen LogP contribution in [0.15, 0.2) is 24.3 Å². The van der Waals surface area contributed by atoms with Crippen LogP contribution in [0, 0.1) is 0 Å². The first-order chi connectivity index (χ1) is 10.1. The van der Waals surface area contributed by atoms with E-state index in [1.165, 1.54) is 0 Å². The molecule has 0 radical (unpaired) electrons. The molecule has 1 N–H and O–H groups in total. The Balaban J connectivity index is 1.93. The second kappa shape index (κ2) is 7.66. The Hall–Kier alpha value is -1.26.